The third kappa shape index (κ3) is 25.3. The summed E-state index contributed by atoms with van der Waals surface area (Å²) in [7, 11) is 1.61. The number of benzene rings is 12. The normalized spacial score (nSPS) is 10.7. The second-order valence-electron chi connectivity index (χ2n) is 28.4. The van der Waals surface area contributed by atoms with Crippen LogP contribution in [0.3, 0.4) is 0 Å². The monoisotopic (exact) mass is 1820 g/mol. The summed E-state index contributed by atoms with van der Waals surface area (Å²) < 4.78 is 44.2. The van der Waals surface area contributed by atoms with E-state index in [2.05, 4.69) is 61.8 Å². The smallest absolute Gasteiger partial charge is 0.267 e. The van der Waals surface area contributed by atoms with Gasteiger partial charge in [-0.3, -0.25) is 28.8 Å². The van der Waals surface area contributed by atoms with Gasteiger partial charge < -0.3 is 66.5 Å². The van der Waals surface area contributed by atoms with Crippen LogP contribution in [0, 0.1) is 17.5 Å². The summed E-state index contributed by atoms with van der Waals surface area (Å²) in [6.07, 6.45) is 0. The molecule has 0 radical (unpaired) electrons. The van der Waals surface area contributed by atoms with Gasteiger partial charge in [0.05, 0.1) is 12.1 Å². The van der Waals surface area contributed by atoms with Crippen molar-refractivity contribution in [2.24, 2.45) is 0 Å². The third-order valence-corrected chi connectivity index (χ3v) is 21.2. The van der Waals surface area contributed by atoms with Crippen molar-refractivity contribution in [2.45, 2.75) is 39.3 Å². The predicted octanol–water partition coefficient (Wildman–Crippen LogP) is 23.6. The van der Waals surface area contributed by atoms with Crippen LogP contribution >= 0.6 is 81.2 Å². The highest BCUT2D eigenvalue weighted by Crippen LogP contribution is 2.27. The predicted molar refractivity (Wildman–Crippen MR) is 497 cm³/mol. The molecule has 6 amide bonds. The number of carbonyl (C=O) groups excluding carboxylic acids is 6. The lowest BCUT2D eigenvalue weighted by atomic mass is 10.2. The fourth-order valence-electron chi connectivity index (χ4n) is 12.9. The Hall–Kier alpha value is -13.7. The molecule has 0 saturated heterocycles. The number of fused-ring (bicyclic) bond motifs is 6. The van der Waals surface area contributed by atoms with Gasteiger partial charge in [-0.1, -0.05) is 196 Å². The average molecular weight is 1830 g/mol. The molecule has 0 bridgehead atoms. The number of H-pyrrole nitrogens is 6. The van der Waals surface area contributed by atoms with Gasteiger partial charge in [0, 0.05) is 135 Å². The number of nitrogens with one attached hydrogen (secondary N) is 12. The van der Waals surface area contributed by atoms with E-state index in [9.17, 15) is 41.9 Å². The number of methoxy groups -OCH3 is 1. The average Bonchev–Trinajstić information content (AvgIpc) is 1.63. The first kappa shape index (κ1) is 90.1. The first-order chi connectivity index (χ1) is 60.9. The van der Waals surface area contributed by atoms with E-state index < -0.39 is 11.6 Å². The van der Waals surface area contributed by atoms with Crippen LogP contribution in [-0.4, -0.2) is 72.5 Å². The first-order valence-electron chi connectivity index (χ1n) is 38.9. The number of amides is 6. The summed E-state index contributed by atoms with van der Waals surface area (Å²) in [5, 5.41) is 26.1. The van der Waals surface area contributed by atoms with Crippen molar-refractivity contribution < 1.29 is 46.7 Å². The number of halogens is 10. The molecule has 0 fully saturated rings. The van der Waals surface area contributed by atoms with Crippen LogP contribution in [0.4, 0.5) is 13.2 Å². The van der Waals surface area contributed by atoms with E-state index in [4.69, 9.17) is 85.9 Å². The largest absolute Gasteiger partial charge is 0.497 e. The molecule has 0 saturated carbocycles. The minimum absolute atomic E-state index is 0.0485. The molecule has 6 aromatic heterocycles. The molecule has 0 spiro atoms. The Kier molecular flexibility index (Phi) is 30.8. The molecule has 0 aliphatic heterocycles. The van der Waals surface area contributed by atoms with Crippen molar-refractivity contribution in [3.8, 4) is 5.75 Å². The fraction of sp³-hybridized carbons (Fsp3) is 0.0722. The van der Waals surface area contributed by atoms with Crippen molar-refractivity contribution in [2.75, 3.05) is 7.11 Å². The van der Waals surface area contributed by atoms with E-state index in [0.29, 0.717) is 101 Å². The topological polar surface area (TPSA) is 279 Å². The molecule has 29 heteroatoms. The van der Waals surface area contributed by atoms with Gasteiger partial charge >= 0.3 is 0 Å². The molecule has 12 aromatic carbocycles. The van der Waals surface area contributed by atoms with E-state index in [-0.39, 0.29) is 59.4 Å². The zero-order valence-corrected chi connectivity index (χ0v) is 72.0. The number of aromatic nitrogens is 6. The van der Waals surface area contributed by atoms with E-state index in [1.807, 2.05) is 182 Å². The number of hydrogen-bond acceptors (Lipinski definition) is 7. The van der Waals surface area contributed by atoms with Gasteiger partial charge in [-0.15, -0.1) is 0 Å². The lowest BCUT2D eigenvalue weighted by Gasteiger charge is -2.06. The highest BCUT2D eigenvalue weighted by Gasteiger charge is 2.17. The number of ether oxygens (including phenoxy) is 1. The van der Waals surface area contributed by atoms with Gasteiger partial charge in [0.25, 0.3) is 35.4 Å². The molecular formula is C97H76Cl7F3N12O7. The lowest BCUT2D eigenvalue weighted by Crippen LogP contribution is -2.23. The van der Waals surface area contributed by atoms with Gasteiger partial charge in [0.1, 0.15) is 57.4 Å². The minimum atomic E-state index is -0.470. The van der Waals surface area contributed by atoms with Crippen LogP contribution in [0.1, 0.15) is 96.3 Å². The zero-order chi connectivity index (χ0) is 88.8. The molecule has 18 aromatic rings. The third-order valence-electron chi connectivity index (χ3n) is 19.4. The maximum absolute atomic E-state index is 13.2. The van der Waals surface area contributed by atoms with Crippen molar-refractivity contribution >= 4 is 182 Å². The Morgan fingerprint density at radius 1 is 0.262 bits per heavy atom. The van der Waals surface area contributed by atoms with Gasteiger partial charge in [-0.05, 0) is 215 Å². The van der Waals surface area contributed by atoms with Crippen molar-refractivity contribution in [1.29, 1.82) is 0 Å². The molecule has 12 N–H and O–H groups in total. The summed E-state index contributed by atoms with van der Waals surface area (Å²) in [4.78, 5) is 91.1. The SMILES string of the molecule is COc1ccc(CNC(=O)c2cc3cc(F)ccc3[nH]2)cc1.O=C(NCc1ccc(Cl)cc1)c1cc2cc(Cl)ccc2[nH]1.O=C(NCc1ccc(F)c(Cl)c1)c1cc2ccccc2[nH]1.O=C(NCc1ccc(F)cc1Cl)c1cc2ccccc2[nH]1.O=C(NCc1cccc(Cl)c1)c1cc2cc(Cl)ccc2[nH]1.O=C(NCc1cccc(Cl)c1)c1cc2ccccc2[nH]1. The molecule has 19 nitrogen and oxygen atoms in total. The number of para-hydroxylation sites is 3. The Morgan fingerprint density at radius 3 is 0.952 bits per heavy atom. The Bertz CT molecular complexity index is 6830. The highest BCUT2D eigenvalue weighted by atomic mass is 35.5. The fourth-order valence-corrected chi connectivity index (χ4v) is 14.2. The number of rotatable bonds is 19. The molecule has 126 heavy (non-hydrogen) atoms. The number of aromatic amines is 6. The minimum Gasteiger partial charge on any atom is -0.497 e. The van der Waals surface area contributed by atoms with E-state index >= 15 is 0 Å². The second-order valence-corrected chi connectivity index (χ2v) is 31.4. The highest BCUT2D eigenvalue weighted by molar-refractivity contribution is 6.33. The molecule has 18 rings (SSSR count). The summed E-state index contributed by atoms with van der Waals surface area (Å²) >= 11 is 41.2. The summed E-state index contributed by atoms with van der Waals surface area (Å²) in [5.74, 6) is -1.54. The van der Waals surface area contributed by atoms with E-state index in [1.165, 1.54) is 36.4 Å². The molecule has 0 aliphatic carbocycles. The van der Waals surface area contributed by atoms with Crippen molar-refractivity contribution in [3.05, 3.63) is 417 Å². The maximum atomic E-state index is 13.2. The van der Waals surface area contributed by atoms with Crippen molar-refractivity contribution in [1.82, 2.24) is 61.8 Å². The van der Waals surface area contributed by atoms with Crippen LogP contribution in [-0.2, 0) is 39.3 Å². The summed E-state index contributed by atoms with van der Waals surface area (Å²) in [6, 6.07) is 87.2. The standard InChI is InChI=1S/C17H15FN2O2.2C16H12Cl2N2O.2C16H12ClFN2O.C16H13ClN2O/c1-22-14-5-2-11(3-6-14)10-19-17(21)16-9-12-8-13(18)4-7-15(12)20-16;17-12-3-1-10(2-4-12)9-19-16(21)15-8-11-7-13(18)5-6-14(11)20-15;17-12-3-1-2-10(6-12)9-19-16(21)15-8-11-7-13(18)4-5-14(11)20-15;17-12-7-10(5-6-13(12)18)9-19-16(21)15-8-11-3-1-2-4-14(11)20-15;17-13-8-12(18)6-5-11(13)9-19-16(21)15-7-10-3-1-2-4-14(10)20-15;17-13-6-3-4-11(8-13)10-18-16(20)15-9-12-5-1-2-7-14(12)19-15/h2-9,20H,10H2,1H3,(H,19,21);4*1-8,20H,9H2,(H,19,21);1-9,19H,10H2,(H,18,20). The first-order valence-corrected chi connectivity index (χ1v) is 41.5. The lowest BCUT2D eigenvalue weighted by molar-refractivity contribution is 0.0939. The molecule has 636 valence electrons. The number of hydrogen-bond donors (Lipinski definition) is 12. The van der Waals surface area contributed by atoms with E-state index in [0.717, 1.165) is 93.6 Å². The van der Waals surface area contributed by atoms with Crippen LogP contribution in [0.5, 0.6) is 5.75 Å². The molecule has 0 aliphatic rings. The van der Waals surface area contributed by atoms with E-state index in [1.54, 1.807) is 86.0 Å². The van der Waals surface area contributed by atoms with Crippen LogP contribution in [0.15, 0.2) is 297 Å². The van der Waals surface area contributed by atoms with Crippen LogP contribution in [0.2, 0.25) is 35.2 Å². The van der Waals surface area contributed by atoms with Gasteiger partial charge in [0.15, 0.2) is 0 Å². The Morgan fingerprint density at radius 2 is 0.571 bits per heavy atom. The van der Waals surface area contributed by atoms with Crippen LogP contribution in [0.25, 0.3) is 65.4 Å². The van der Waals surface area contributed by atoms with Crippen LogP contribution < -0.4 is 36.6 Å². The second kappa shape index (κ2) is 43.1. The van der Waals surface area contributed by atoms with Gasteiger partial charge in [-0.2, -0.15) is 0 Å². The molecule has 0 atom stereocenters. The molecule has 6 heterocycles. The molecular weight excluding hydrogens is 1750 g/mol. The number of carbonyl (C=O) groups is 6. The van der Waals surface area contributed by atoms with Crippen molar-refractivity contribution in [3.63, 3.8) is 0 Å². The zero-order valence-electron chi connectivity index (χ0n) is 66.7. The maximum Gasteiger partial charge on any atom is 0.267 e. The Labute approximate surface area is 754 Å². The summed E-state index contributed by atoms with van der Waals surface area (Å²) in [6.45, 7) is 2.27. The molecule has 0 unspecified atom stereocenters. The quantitative estimate of drug-likeness (QED) is 0.0372. The summed E-state index contributed by atoms with van der Waals surface area (Å²) in [5.41, 5.74) is 13.5. The Balaban J connectivity index is 0.000000130. The van der Waals surface area contributed by atoms with Gasteiger partial charge in [-0.25, -0.2) is 13.2 Å². The van der Waals surface area contributed by atoms with Gasteiger partial charge in [0.2, 0.25) is 0 Å².